The molecule has 0 N–H and O–H groups in total. The summed E-state index contributed by atoms with van der Waals surface area (Å²) in [6.45, 7) is 2.27. The van der Waals surface area contributed by atoms with Crippen LogP contribution in [0.15, 0.2) is 79.4 Å². The van der Waals surface area contributed by atoms with Crippen LogP contribution in [0.3, 0.4) is 0 Å². The summed E-state index contributed by atoms with van der Waals surface area (Å²) >= 11 is 0. The van der Waals surface area contributed by atoms with Crippen molar-refractivity contribution in [2.75, 3.05) is 0 Å². The molecule has 2 unspecified atom stereocenters. The number of unbranched alkanes of at least 4 members (excludes halogenated alkanes) is 3. The molecule has 1 heterocycles. The molecule has 0 bridgehead atoms. The van der Waals surface area contributed by atoms with Crippen LogP contribution in [0.25, 0.3) is 0 Å². The summed E-state index contributed by atoms with van der Waals surface area (Å²) in [6.07, 6.45) is 13.5. The van der Waals surface area contributed by atoms with E-state index in [0.717, 1.165) is 6.42 Å². The van der Waals surface area contributed by atoms with E-state index in [1.54, 1.807) is 0 Å². The number of benzene rings is 2. The lowest BCUT2D eigenvalue weighted by Gasteiger charge is -2.29. The van der Waals surface area contributed by atoms with Crippen molar-refractivity contribution < 1.29 is 0 Å². The summed E-state index contributed by atoms with van der Waals surface area (Å²) in [7, 11) is 0. The minimum atomic E-state index is 0.442. The quantitative estimate of drug-likeness (QED) is 0.387. The first-order chi connectivity index (χ1) is 12.9. The van der Waals surface area contributed by atoms with Crippen molar-refractivity contribution in [1.29, 1.82) is 0 Å². The highest BCUT2D eigenvalue weighted by atomic mass is 15.1. The summed E-state index contributed by atoms with van der Waals surface area (Å²) < 4.78 is 2.33. The molecule has 0 saturated carbocycles. The third kappa shape index (κ3) is 5.08. The molecule has 0 aliphatic rings. The Balaban J connectivity index is 1.87. The maximum atomic E-state index is 4.33. The summed E-state index contributed by atoms with van der Waals surface area (Å²) in [5, 5.41) is 0. The molecule has 2 aromatic carbocycles. The van der Waals surface area contributed by atoms with Gasteiger partial charge in [-0.2, -0.15) is 0 Å². The van der Waals surface area contributed by atoms with E-state index in [0.29, 0.717) is 12.0 Å². The standard InChI is InChI=1S/C24H30N2/c1-2-3-4-11-16-24(26-18-17-25-20-26)23(22-14-9-6-10-15-22)19-21-12-7-5-8-13-21/h5-10,12-15,17-18,20,23-24H,2-4,11,16,19H2,1H3. The zero-order chi connectivity index (χ0) is 18.0. The Labute approximate surface area is 157 Å². The number of hydrogen-bond donors (Lipinski definition) is 0. The number of nitrogens with zero attached hydrogens (tertiary/aromatic N) is 2. The summed E-state index contributed by atoms with van der Waals surface area (Å²) in [6, 6.07) is 22.3. The van der Waals surface area contributed by atoms with Gasteiger partial charge in [-0.25, -0.2) is 4.98 Å². The van der Waals surface area contributed by atoms with Crippen LogP contribution >= 0.6 is 0 Å². The number of imidazole rings is 1. The molecule has 0 aliphatic carbocycles. The van der Waals surface area contributed by atoms with Gasteiger partial charge in [0.25, 0.3) is 0 Å². The predicted octanol–water partition coefficient (Wildman–Crippen LogP) is 6.42. The molecule has 2 atom stereocenters. The van der Waals surface area contributed by atoms with Gasteiger partial charge in [0.1, 0.15) is 0 Å². The van der Waals surface area contributed by atoms with Crippen LogP contribution in [-0.4, -0.2) is 9.55 Å². The van der Waals surface area contributed by atoms with Gasteiger partial charge in [-0.1, -0.05) is 93.3 Å². The molecule has 3 rings (SSSR count). The van der Waals surface area contributed by atoms with Crippen LogP contribution in [0.1, 0.15) is 62.1 Å². The second-order valence-corrected chi connectivity index (χ2v) is 7.13. The monoisotopic (exact) mass is 346 g/mol. The molecule has 2 heteroatoms. The lowest BCUT2D eigenvalue weighted by molar-refractivity contribution is 0.367. The van der Waals surface area contributed by atoms with Crippen LogP contribution in [0.5, 0.6) is 0 Å². The van der Waals surface area contributed by atoms with Gasteiger partial charge in [0, 0.05) is 24.4 Å². The smallest absolute Gasteiger partial charge is 0.0948 e. The van der Waals surface area contributed by atoms with Gasteiger partial charge in [-0.3, -0.25) is 0 Å². The largest absolute Gasteiger partial charge is 0.334 e. The molecule has 0 spiro atoms. The van der Waals surface area contributed by atoms with Gasteiger partial charge in [-0.05, 0) is 24.0 Å². The van der Waals surface area contributed by atoms with Crippen LogP contribution in [0, 0.1) is 0 Å². The number of hydrogen-bond acceptors (Lipinski definition) is 1. The molecule has 2 nitrogen and oxygen atoms in total. The Bertz CT molecular complexity index is 719. The van der Waals surface area contributed by atoms with E-state index in [1.807, 2.05) is 12.5 Å². The van der Waals surface area contributed by atoms with Crippen LogP contribution in [0.2, 0.25) is 0 Å². The molecule has 0 fully saturated rings. The van der Waals surface area contributed by atoms with E-state index >= 15 is 0 Å². The van der Waals surface area contributed by atoms with Crippen molar-refractivity contribution in [3.05, 3.63) is 90.5 Å². The lowest BCUT2D eigenvalue weighted by atomic mass is 9.83. The van der Waals surface area contributed by atoms with E-state index in [1.165, 1.54) is 43.2 Å². The topological polar surface area (TPSA) is 17.8 Å². The fraction of sp³-hybridized carbons (Fsp3) is 0.375. The Kier molecular flexibility index (Phi) is 7.06. The van der Waals surface area contributed by atoms with Gasteiger partial charge in [0.2, 0.25) is 0 Å². The Morgan fingerprint density at radius 1 is 0.885 bits per heavy atom. The van der Waals surface area contributed by atoms with Crippen molar-refractivity contribution in [2.45, 2.75) is 57.4 Å². The fourth-order valence-electron chi connectivity index (χ4n) is 3.85. The van der Waals surface area contributed by atoms with Crippen LogP contribution in [-0.2, 0) is 6.42 Å². The fourth-order valence-corrected chi connectivity index (χ4v) is 3.85. The Hall–Kier alpha value is -2.35. The molecular formula is C24H30N2. The normalized spacial score (nSPS) is 13.4. The first-order valence-electron chi connectivity index (χ1n) is 9.94. The van der Waals surface area contributed by atoms with Crippen molar-refractivity contribution in [3.8, 4) is 0 Å². The van der Waals surface area contributed by atoms with Gasteiger partial charge in [0.15, 0.2) is 0 Å². The third-order valence-electron chi connectivity index (χ3n) is 5.25. The van der Waals surface area contributed by atoms with Crippen LogP contribution < -0.4 is 0 Å². The summed E-state index contributed by atoms with van der Waals surface area (Å²) in [5.74, 6) is 0.453. The first kappa shape index (κ1) is 18.4. The van der Waals surface area contributed by atoms with Gasteiger partial charge < -0.3 is 4.57 Å². The van der Waals surface area contributed by atoms with Crippen molar-refractivity contribution in [1.82, 2.24) is 9.55 Å². The minimum Gasteiger partial charge on any atom is -0.334 e. The highest BCUT2D eigenvalue weighted by molar-refractivity contribution is 5.25. The second-order valence-electron chi connectivity index (χ2n) is 7.13. The van der Waals surface area contributed by atoms with Crippen molar-refractivity contribution >= 4 is 0 Å². The average molecular weight is 347 g/mol. The molecule has 0 aliphatic heterocycles. The Morgan fingerprint density at radius 2 is 1.62 bits per heavy atom. The molecule has 136 valence electrons. The van der Waals surface area contributed by atoms with Gasteiger partial charge in [0.05, 0.1) is 6.33 Å². The van der Waals surface area contributed by atoms with E-state index < -0.39 is 0 Å². The molecule has 26 heavy (non-hydrogen) atoms. The van der Waals surface area contributed by atoms with Crippen LogP contribution in [0.4, 0.5) is 0 Å². The first-order valence-corrected chi connectivity index (χ1v) is 9.94. The van der Waals surface area contributed by atoms with E-state index in [4.69, 9.17) is 0 Å². The van der Waals surface area contributed by atoms with Gasteiger partial charge >= 0.3 is 0 Å². The predicted molar refractivity (Wildman–Crippen MR) is 109 cm³/mol. The molecule has 0 radical (unpaired) electrons. The highest BCUT2D eigenvalue weighted by Crippen LogP contribution is 2.35. The number of aromatic nitrogens is 2. The zero-order valence-corrected chi connectivity index (χ0v) is 15.8. The van der Waals surface area contributed by atoms with E-state index in [2.05, 4.69) is 83.3 Å². The highest BCUT2D eigenvalue weighted by Gasteiger charge is 2.24. The SMILES string of the molecule is CCCCCCC(C(Cc1ccccc1)c1ccccc1)n1ccnc1. The molecular weight excluding hydrogens is 316 g/mol. The molecule has 1 aromatic heterocycles. The average Bonchev–Trinajstić information content (AvgIpc) is 3.23. The van der Waals surface area contributed by atoms with Gasteiger partial charge in [-0.15, -0.1) is 0 Å². The van der Waals surface area contributed by atoms with Crippen molar-refractivity contribution in [3.63, 3.8) is 0 Å². The van der Waals surface area contributed by atoms with E-state index in [9.17, 15) is 0 Å². The molecule has 0 saturated heterocycles. The number of rotatable bonds is 10. The van der Waals surface area contributed by atoms with Crippen molar-refractivity contribution in [2.24, 2.45) is 0 Å². The minimum absolute atomic E-state index is 0.442. The van der Waals surface area contributed by atoms with E-state index in [-0.39, 0.29) is 0 Å². The second kappa shape index (κ2) is 9.96. The molecule has 0 amide bonds. The zero-order valence-electron chi connectivity index (χ0n) is 15.8. The molecule has 3 aromatic rings. The lowest BCUT2D eigenvalue weighted by Crippen LogP contribution is -2.19. The Morgan fingerprint density at radius 3 is 2.27 bits per heavy atom. The maximum absolute atomic E-state index is 4.33. The maximum Gasteiger partial charge on any atom is 0.0948 e. The summed E-state index contributed by atoms with van der Waals surface area (Å²) in [4.78, 5) is 4.33. The third-order valence-corrected chi connectivity index (χ3v) is 5.25. The summed E-state index contributed by atoms with van der Waals surface area (Å²) in [5.41, 5.74) is 2.82.